The zero-order chi connectivity index (χ0) is 18.0. The van der Waals surface area contributed by atoms with Crippen LogP contribution in [0.5, 0.6) is 0 Å². The summed E-state index contributed by atoms with van der Waals surface area (Å²) in [5.41, 5.74) is -0.223. The Bertz CT molecular complexity index is 554. The molecule has 1 amide bonds. The van der Waals surface area contributed by atoms with Gasteiger partial charge in [-0.2, -0.15) is 0 Å². The Kier molecular flexibility index (Phi) is 5.97. The van der Waals surface area contributed by atoms with Crippen molar-refractivity contribution in [2.75, 3.05) is 13.1 Å². The first kappa shape index (κ1) is 19.3. The van der Waals surface area contributed by atoms with Crippen molar-refractivity contribution in [1.29, 1.82) is 0 Å². The van der Waals surface area contributed by atoms with Crippen LogP contribution in [0.3, 0.4) is 0 Å². The summed E-state index contributed by atoms with van der Waals surface area (Å²) >= 11 is 1.88. The summed E-state index contributed by atoms with van der Waals surface area (Å²) in [6, 6.07) is 4.79. The molecule has 0 aliphatic carbocycles. The minimum Gasteiger partial charge on any atom is -0.444 e. The van der Waals surface area contributed by atoms with Gasteiger partial charge in [-0.25, -0.2) is 4.79 Å². The summed E-state index contributed by atoms with van der Waals surface area (Å²) in [7, 11) is 0. The van der Waals surface area contributed by atoms with Crippen molar-refractivity contribution < 1.29 is 9.53 Å². The molecule has 1 fully saturated rings. The maximum Gasteiger partial charge on any atom is 0.410 e. The molecular formula is C19H32N2O2S. The van der Waals surface area contributed by atoms with Crippen LogP contribution in [0.1, 0.15) is 64.1 Å². The van der Waals surface area contributed by atoms with Crippen molar-refractivity contribution in [2.24, 2.45) is 0 Å². The number of hydrogen-bond acceptors (Lipinski definition) is 4. The molecule has 0 aromatic carbocycles. The van der Waals surface area contributed by atoms with E-state index in [2.05, 4.69) is 38.2 Å². The Morgan fingerprint density at radius 1 is 1.29 bits per heavy atom. The molecule has 0 radical (unpaired) electrons. The molecule has 1 saturated heterocycles. The molecule has 1 aliphatic heterocycles. The number of ether oxygens (including phenoxy) is 1. The Morgan fingerprint density at radius 2 is 2.00 bits per heavy atom. The topological polar surface area (TPSA) is 41.6 Å². The van der Waals surface area contributed by atoms with E-state index < -0.39 is 5.60 Å². The molecule has 1 aromatic heterocycles. The van der Waals surface area contributed by atoms with E-state index in [-0.39, 0.29) is 11.5 Å². The van der Waals surface area contributed by atoms with Crippen molar-refractivity contribution in [1.82, 2.24) is 10.2 Å². The van der Waals surface area contributed by atoms with E-state index in [1.165, 1.54) is 9.75 Å². The molecule has 0 spiro atoms. The third-order valence-electron chi connectivity index (χ3n) is 4.04. The number of nitrogens with zero attached hydrogens (tertiary/aromatic N) is 1. The smallest absolute Gasteiger partial charge is 0.410 e. The predicted molar refractivity (Wildman–Crippen MR) is 101 cm³/mol. The number of nitrogens with one attached hydrogen (secondary N) is 1. The molecule has 1 aromatic rings. The van der Waals surface area contributed by atoms with Gasteiger partial charge < -0.3 is 15.0 Å². The second kappa shape index (κ2) is 7.44. The van der Waals surface area contributed by atoms with E-state index >= 15 is 0 Å². The van der Waals surface area contributed by atoms with Gasteiger partial charge in [-0.1, -0.05) is 20.8 Å². The quantitative estimate of drug-likeness (QED) is 0.868. The van der Waals surface area contributed by atoms with Crippen LogP contribution < -0.4 is 5.32 Å². The molecule has 1 atom stereocenters. The molecular weight excluding hydrogens is 320 g/mol. The van der Waals surface area contributed by atoms with E-state index in [9.17, 15) is 4.79 Å². The van der Waals surface area contributed by atoms with E-state index in [4.69, 9.17) is 4.74 Å². The van der Waals surface area contributed by atoms with Crippen molar-refractivity contribution in [3.63, 3.8) is 0 Å². The van der Waals surface area contributed by atoms with Crippen molar-refractivity contribution in [2.45, 2.75) is 78.0 Å². The first-order valence-electron chi connectivity index (χ1n) is 8.85. The molecule has 24 heavy (non-hydrogen) atoms. The number of thiophene rings is 1. The maximum absolute atomic E-state index is 12.2. The predicted octanol–water partition coefficient (Wildman–Crippen LogP) is 4.53. The fraction of sp³-hybridized carbons (Fsp3) is 0.737. The largest absolute Gasteiger partial charge is 0.444 e. The SMILES string of the molecule is CC(C)(C)OC(=O)N1CCCC(NCc2ccc(C(C)(C)C)s2)C1. The number of hydrogen-bond donors (Lipinski definition) is 1. The van der Waals surface area contributed by atoms with Gasteiger partial charge in [0.2, 0.25) is 0 Å². The Labute approximate surface area is 150 Å². The molecule has 0 saturated carbocycles. The molecule has 2 heterocycles. The number of carbonyl (C=O) groups excluding carboxylic acids is 1. The van der Waals surface area contributed by atoms with Crippen molar-refractivity contribution in [3.8, 4) is 0 Å². The first-order valence-corrected chi connectivity index (χ1v) is 9.67. The van der Waals surface area contributed by atoms with Gasteiger partial charge in [-0.3, -0.25) is 0 Å². The number of likely N-dealkylation sites (tertiary alicyclic amines) is 1. The fourth-order valence-corrected chi connectivity index (χ4v) is 3.77. The van der Waals surface area contributed by atoms with Gasteiger partial charge in [-0.15, -0.1) is 11.3 Å². The van der Waals surface area contributed by atoms with Crippen LogP contribution in [0.2, 0.25) is 0 Å². The van der Waals surface area contributed by atoms with Gasteiger partial charge in [0.05, 0.1) is 0 Å². The van der Waals surface area contributed by atoms with Gasteiger partial charge in [0, 0.05) is 35.4 Å². The minimum absolute atomic E-state index is 0.194. The van der Waals surface area contributed by atoms with Crippen molar-refractivity contribution in [3.05, 3.63) is 21.9 Å². The zero-order valence-electron chi connectivity index (χ0n) is 15.9. The van der Waals surface area contributed by atoms with Gasteiger partial charge in [0.15, 0.2) is 0 Å². The van der Waals surface area contributed by atoms with Gasteiger partial charge in [-0.05, 0) is 51.2 Å². The average Bonchev–Trinajstić information content (AvgIpc) is 2.92. The lowest BCUT2D eigenvalue weighted by Gasteiger charge is -2.34. The molecule has 0 bridgehead atoms. The van der Waals surface area contributed by atoms with Gasteiger partial charge in [0.1, 0.15) is 5.60 Å². The Hall–Kier alpha value is -1.07. The summed E-state index contributed by atoms with van der Waals surface area (Å²) < 4.78 is 5.49. The zero-order valence-corrected chi connectivity index (χ0v) is 16.8. The number of amides is 1. The van der Waals surface area contributed by atoms with Gasteiger partial charge in [0.25, 0.3) is 0 Å². The van der Waals surface area contributed by atoms with E-state index in [1.54, 1.807) is 0 Å². The summed E-state index contributed by atoms with van der Waals surface area (Å²) in [6.07, 6.45) is 1.94. The van der Waals surface area contributed by atoms with Crippen LogP contribution in [0.15, 0.2) is 12.1 Å². The van der Waals surface area contributed by atoms with Gasteiger partial charge >= 0.3 is 6.09 Å². The molecule has 4 nitrogen and oxygen atoms in total. The van der Waals surface area contributed by atoms with Crippen LogP contribution in [-0.4, -0.2) is 35.7 Å². The second-order valence-electron chi connectivity index (χ2n) is 8.66. The normalized spacial score (nSPS) is 19.4. The number of rotatable bonds is 3. The molecule has 136 valence electrons. The molecule has 2 rings (SSSR count). The molecule has 5 heteroatoms. The highest BCUT2D eigenvalue weighted by molar-refractivity contribution is 7.12. The minimum atomic E-state index is -0.433. The third-order valence-corrected chi connectivity index (χ3v) is 5.55. The Balaban J connectivity index is 1.85. The summed E-state index contributed by atoms with van der Waals surface area (Å²) in [5.74, 6) is 0. The van der Waals surface area contributed by atoms with Crippen LogP contribution in [0.25, 0.3) is 0 Å². The van der Waals surface area contributed by atoms with Crippen molar-refractivity contribution >= 4 is 17.4 Å². The van der Waals surface area contributed by atoms with Crippen LogP contribution in [0, 0.1) is 0 Å². The lowest BCUT2D eigenvalue weighted by atomic mass is 9.95. The van der Waals surface area contributed by atoms with Crippen LogP contribution in [-0.2, 0) is 16.7 Å². The highest BCUT2D eigenvalue weighted by atomic mass is 32.1. The highest BCUT2D eigenvalue weighted by Crippen LogP contribution is 2.29. The third kappa shape index (κ3) is 5.78. The first-order chi connectivity index (χ1) is 11.0. The lowest BCUT2D eigenvalue weighted by Crippen LogP contribution is -2.49. The van der Waals surface area contributed by atoms with Crippen LogP contribution >= 0.6 is 11.3 Å². The maximum atomic E-state index is 12.2. The standard InChI is InChI=1S/C19H32N2O2S/c1-18(2,3)16-10-9-15(24-16)12-20-14-8-7-11-21(13-14)17(22)23-19(4,5)6/h9-10,14,20H,7-8,11-13H2,1-6H3. The molecule has 1 aliphatic rings. The summed E-state index contributed by atoms with van der Waals surface area (Å²) in [6.45, 7) is 14.9. The van der Waals surface area contributed by atoms with E-state index in [1.807, 2.05) is 37.0 Å². The highest BCUT2D eigenvalue weighted by Gasteiger charge is 2.27. The summed E-state index contributed by atoms with van der Waals surface area (Å²) in [5, 5.41) is 3.61. The molecule has 1 unspecified atom stereocenters. The Morgan fingerprint density at radius 3 is 2.58 bits per heavy atom. The lowest BCUT2D eigenvalue weighted by molar-refractivity contribution is 0.0187. The number of piperidine rings is 1. The number of carbonyl (C=O) groups is 1. The average molecular weight is 353 g/mol. The van der Waals surface area contributed by atoms with E-state index in [0.717, 1.165) is 32.5 Å². The fourth-order valence-electron chi connectivity index (χ4n) is 2.76. The van der Waals surface area contributed by atoms with E-state index in [0.29, 0.717) is 6.04 Å². The molecule has 1 N–H and O–H groups in total. The summed E-state index contributed by atoms with van der Waals surface area (Å²) in [4.78, 5) is 16.8. The second-order valence-corrected chi connectivity index (χ2v) is 9.83. The van der Waals surface area contributed by atoms with Crippen LogP contribution in [0.4, 0.5) is 4.79 Å². The monoisotopic (exact) mass is 352 g/mol.